The van der Waals surface area contributed by atoms with Gasteiger partial charge in [-0.25, -0.2) is 5.43 Å². The van der Waals surface area contributed by atoms with Crippen LogP contribution in [0.5, 0.6) is 0 Å². The van der Waals surface area contributed by atoms with E-state index in [2.05, 4.69) is 25.7 Å². The van der Waals surface area contributed by atoms with E-state index in [1.54, 1.807) is 12.3 Å². The van der Waals surface area contributed by atoms with Crippen LogP contribution in [0, 0.1) is 6.92 Å². The molecule has 0 radical (unpaired) electrons. The molecule has 23 heavy (non-hydrogen) atoms. The minimum atomic E-state index is -0.304. The highest BCUT2D eigenvalue weighted by Crippen LogP contribution is 2.38. The van der Waals surface area contributed by atoms with Crippen molar-refractivity contribution in [3.8, 4) is 0 Å². The molecule has 0 bridgehead atoms. The van der Waals surface area contributed by atoms with E-state index < -0.39 is 0 Å². The van der Waals surface area contributed by atoms with Gasteiger partial charge in [0.25, 0.3) is 5.91 Å². The summed E-state index contributed by atoms with van der Waals surface area (Å²) in [6, 6.07) is 9.81. The highest BCUT2D eigenvalue weighted by atomic mass is 16.2. The lowest BCUT2D eigenvalue weighted by Crippen LogP contribution is -2.18. The molecule has 1 aliphatic carbocycles. The van der Waals surface area contributed by atoms with Crippen molar-refractivity contribution in [1.82, 2.24) is 20.6 Å². The second-order valence-electron chi connectivity index (χ2n) is 5.89. The van der Waals surface area contributed by atoms with E-state index in [1.807, 2.05) is 31.2 Å². The number of amides is 1. The number of fused-ring (bicyclic) bond motifs is 1. The molecular weight excluding hydrogens is 290 g/mol. The van der Waals surface area contributed by atoms with Crippen LogP contribution in [0.2, 0.25) is 0 Å². The number of para-hydroxylation sites is 1. The van der Waals surface area contributed by atoms with Crippen LogP contribution in [0.3, 0.4) is 0 Å². The first-order valence-corrected chi connectivity index (χ1v) is 7.68. The Morgan fingerprint density at radius 2 is 2.22 bits per heavy atom. The van der Waals surface area contributed by atoms with Gasteiger partial charge in [0.1, 0.15) is 0 Å². The third-order valence-electron chi connectivity index (χ3n) is 4.15. The number of aromatic nitrogens is 3. The second kappa shape index (κ2) is 5.39. The van der Waals surface area contributed by atoms with E-state index in [9.17, 15) is 4.79 Å². The van der Waals surface area contributed by atoms with Gasteiger partial charge in [0, 0.05) is 33.8 Å². The molecule has 1 aliphatic rings. The number of hydrazone groups is 1. The molecule has 0 atom stereocenters. The van der Waals surface area contributed by atoms with E-state index >= 15 is 0 Å². The van der Waals surface area contributed by atoms with Crippen molar-refractivity contribution < 1.29 is 4.79 Å². The molecule has 4 rings (SSSR count). The van der Waals surface area contributed by atoms with Crippen LogP contribution >= 0.6 is 0 Å². The monoisotopic (exact) mass is 307 g/mol. The first kappa shape index (κ1) is 13.8. The van der Waals surface area contributed by atoms with Crippen LogP contribution in [-0.2, 0) is 0 Å². The van der Waals surface area contributed by atoms with Crippen LogP contribution in [0.25, 0.3) is 10.9 Å². The third kappa shape index (κ3) is 2.63. The van der Waals surface area contributed by atoms with Gasteiger partial charge in [-0.1, -0.05) is 18.2 Å². The van der Waals surface area contributed by atoms with Gasteiger partial charge in [-0.3, -0.25) is 9.89 Å². The first-order chi connectivity index (χ1) is 11.2. The van der Waals surface area contributed by atoms with Gasteiger partial charge in [0.05, 0.1) is 6.21 Å². The SMILES string of the molecule is Cc1[nH]c2ccccc2c1/C=N/NC(=O)c1cc(C2CC2)[nH]n1. The number of H-pyrrole nitrogens is 2. The van der Waals surface area contributed by atoms with Gasteiger partial charge in [-0.15, -0.1) is 0 Å². The summed E-state index contributed by atoms with van der Waals surface area (Å²) in [5, 5.41) is 12.1. The first-order valence-electron chi connectivity index (χ1n) is 7.68. The van der Waals surface area contributed by atoms with E-state index in [1.165, 1.54) is 12.8 Å². The van der Waals surface area contributed by atoms with Crippen LogP contribution in [0.1, 0.15) is 46.2 Å². The van der Waals surface area contributed by atoms with Crippen LogP contribution in [-0.4, -0.2) is 27.3 Å². The average Bonchev–Trinajstić information content (AvgIpc) is 3.19. The fourth-order valence-corrected chi connectivity index (χ4v) is 2.73. The number of aromatic amines is 2. The molecule has 3 aromatic rings. The summed E-state index contributed by atoms with van der Waals surface area (Å²) in [6.07, 6.45) is 4.00. The molecule has 1 fully saturated rings. The van der Waals surface area contributed by atoms with Crippen molar-refractivity contribution in [3.63, 3.8) is 0 Å². The zero-order valence-electron chi connectivity index (χ0n) is 12.8. The average molecular weight is 307 g/mol. The van der Waals surface area contributed by atoms with E-state index in [0.717, 1.165) is 27.9 Å². The lowest BCUT2D eigenvalue weighted by atomic mass is 10.1. The smallest absolute Gasteiger partial charge is 0.291 e. The summed E-state index contributed by atoms with van der Waals surface area (Å²) >= 11 is 0. The van der Waals surface area contributed by atoms with Gasteiger partial charge in [0.15, 0.2) is 5.69 Å². The zero-order chi connectivity index (χ0) is 15.8. The number of carbonyl (C=O) groups is 1. The zero-order valence-corrected chi connectivity index (χ0v) is 12.8. The molecule has 1 amide bonds. The van der Waals surface area contributed by atoms with Crippen molar-refractivity contribution >= 4 is 23.0 Å². The van der Waals surface area contributed by atoms with E-state index in [4.69, 9.17) is 0 Å². The van der Waals surface area contributed by atoms with Crippen molar-refractivity contribution in [2.24, 2.45) is 5.10 Å². The highest BCUT2D eigenvalue weighted by Gasteiger charge is 2.26. The van der Waals surface area contributed by atoms with E-state index in [-0.39, 0.29) is 5.91 Å². The minimum absolute atomic E-state index is 0.304. The molecule has 2 aromatic heterocycles. The molecular formula is C17H17N5O. The van der Waals surface area contributed by atoms with Crippen LogP contribution in [0.15, 0.2) is 35.4 Å². The number of carbonyl (C=O) groups excluding carboxylic acids is 1. The quantitative estimate of drug-likeness (QED) is 0.511. The Labute approximate surface area is 133 Å². The van der Waals surface area contributed by atoms with Gasteiger partial charge < -0.3 is 4.98 Å². The number of nitrogens with zero attached hydrogens (tertiary/aromatic N) is 2. The Hall–Kier alpha value is -2.89. The molecule has 6 heteroatoms. The molecule has 2 heterocycles. The molecule has 1 saturated carbocycles. The number of benzene rings is 1. The maximum atomic E-state index is 12.1. The highest BCUT2D eigenvalue weighted by molar-refractivity contribution is 6.01. The topological polar surface area (TPSA) is 85.9 Å². The summed E-state index contributed by atoms with van der Waals surface area (Å²) in [7, 11) is 0. The summed E-state index contributed by atoms with van der Waals surface area (Å²) in [5.41, 5.74) is 6.99. The van der Waals surface area contributed by atoms with Crippen LogP contribution in [0.4, 0.5) is 0 Å². The van der Waals surface area contributed by atoms with Gasteiger partial charge in [-0.05, 0) is 31.9 Å². The predicted octanol–water partition coefficient (Wildman–Crippen LogP) is 2.84. The van der Waals surface area contributed by atoms with Gasteiger partial charge >= 0.3 is 0 Å². The Morgan fingerprint density at radius 3 is 3.04 bits per heavy atom. The Balaban J connectivity index is 1.49. The lowest BCUT2D eigenvalue weighted by molar-refractivity contribution is 0.0950. The maximum absolute atomic E-state index is 12.1. The number of hydrogen-bond acceptors (Lipinski definition) is 3. The normalized spacial score (nSPS) is 14.7. The molecule has 0 spiro atoms. The maximum Gasteiger partial charge on any atom is 0.291 e. The summed E-state index contributed by atoms with van der Waals surface area (Å²) in [6.45, 7) is 1.98. The lowest BCUT2D eigenvalue weighted by Gasteiger charge is -1.96. The minimum Gasteiger partial charge on any atom is -0.358 e. The third-order valence-corrected chi connectivity index (χ3v) is 4.15. The molecule has 3 N–H and O–H groups in total. The molecule has 1 aromatic carbocycles. The van der Waals surface area contributed by atoms with Crippen molar-refractivity contribution in [1.29, 1.82) is 0 Å². The second-order valence-corrected chi connectivity index (χ2v) is 5.89. The van der Waals surface area contributed by atoms with Crippen LogP contribution < -0.4 is 5.43 Å². The van der Waals surface area contributed by atoms with Crippen molar-refractivity contribution in [2.45, 2.75) is 25.7 Å². The molecule has 0 saturated heterocycles. The predicted molar refractivity (Wildman–Crippen MR) is 88.7 cm³/mol. The largest absolute Gasteiger partial charge is 0.358 e. The number of aryl methyl sites for hydroxylation is 1. The Kier molecular flexibility index (Phi) is 3.22. The molecule has 116 valence electrons. The number of hydrogen-bond donors (Lipinski definition) is 3. The van der Waals surface area contributed by atoms with Crippen molar-refractivity contribution in [2.75, 3.05) is 0 Å². The summed E-state index contributed by atoms with van der Waals surface area (Å²) in [4.78, 5) is 15.4. The summed E-state index contributed by atoms with van der Waals surface area (Å²) in [5.74, 6) is 0.239. The van der Waals surface area contributed by atoms with E-state index in [0.29, 0.717) is 11.6 Å². The van der Waals surface area contributed by atoms with Gasteiger partial charge in [0.2, 0.25) is 0 Å². The number of rotatable bonds is 4. The Morgan fingerprint density at radius 1 is 1.39 bits per heavy atom. The fourth-order valence-electron chi connectivity index (χ4n) is 2.73. The standard InChI is InChI=1S/C17H17N5O/c1-10-13(12-4-2-3-5-14(12)19-10)9-18-22-17(23)16-8-15(20-21-16)11-6-7-11/h2-5,8-9,11,19H,6-7H2,1H3,(H,20,21)(H,22,23)/b18-9+. The molecule has 6 nitrogen and oxygen atoms in total. The molecule has 0 unspecified atom stereocenters. The number of nitrogens with one attached hydrogen (secondary N) is 3. The fraction of sp³-hybridized carbons (Fsp3) is 0.235. The summed E-state index contributed by atoms with van der Waals surface area (Å²) < 4.78 is 0. The Bertz CT molecular complexity index is 901. The van der Waals surface area contributed by atoms with Crippen molar-refractivity contribution in [3.05, 3.63) is 53.0 Å². The molecule has 0 aliphatic heterocycles. The van der Waals surface area contributed by atoms with Gasteiger partial charge in [-0.2, -0.15) is 10.2 Å².